The maximum atomic E-state index is 9.68. The molecule has 0 saturated carbocycles. The van der Waals surface area contributed by atoms with Crippen LogP contribution in [0.3, 0.4) is 0 Å². The summed E-state index contributed by atoms with van der Waals surface area (Å²) >= 11 is 0. The van der Waals surface area contributed by atoms with Crippen LogP contribution in [0, 0.1) is 10.1 Å². The van der Waals surface area contributed by atoms with Gasteiger partial charge in [-0.15, -0.1) is 10.1 Å². The molecule has 0 aliphatic heterocycles. The average molecular weight is 165 g/mol. The molecule has 0 saturated heterocycles. The number of carboxylic acid groups (broad SMARTS) is 1. The topological polar surface area (TPSA) is 89.7 Å². The largest absolute Gasteiger partial charge is 0.481 e. The Hall–Kier alpha value is -1.33. The van der Waals surface area contributed by atoms with Gasteiger partial charge in [-0.05, 0) is 0 Å². The highest BCUT2D eigenvalue weighted by atomic mass is 16.9. The SMILES string of the molecule is CC.O=C(O)CCO[N+](=O)[O-]. The van der Waals surface area contributed by atoms with Crippen LogP contribution in [0.2, 0.25) is 0 Å². The number of aliphatic carboxylic acids is 1. The number of hydrogen-bond donors (Lipinski definition) is 1. The Kier molecular flexibility index (Phi) is 9.74. The minimum absolute atomic E-state index is 0.346. The Labute approximate surface area is 63.9 Å². The molecule has 0 rings (SSSR count). The third-order valence-electron chi connectivity index (χ3n) is 0.513. The Morgan fingerprint density at radius 3 is 2.36 bits per heavy atom. The summed E-state index contributed by atoms with van der Waals surface area (Å²) in [6, 6.07) is 0. The molecule has 0 fully saturated rings. The zero-order valence-corrected chi connectivity index (χ0v) is 6.44. The molecular formula is C5H11NO5. The monoisotopic (exact) mass is 165 g/mol. The van der Waals surface area contributed by atoms with E-state index in [1.165, 1.54) is 0 Å². The second-order valence-corrected chi connectivity index (χ2v) is 1.20. The summed E-state index contributed by atoms with van der Waals surface area (Å²) in [5, 5.41) is 16.3. The van der Waals surface area contributed by atoms with Crippen molar-refractivity contribution in [3.8, 4) is 0 Å². The molecule has 6 heteroatoms. The molecule has 0 bridgehead atoms. The highest BCUT2D eigenvalue weighted by Gasteiger charge is 1.98. The fraction of sp³-hybridized carbons (Fsp3) is 0.800. The first-order valence-corrected chi connectivity index (χ1v) is 3.12. The van der Waals surface area contributed by atoms with Crippen molar-refractivity contribution in [1.29, 1.82) is 0 Å². The van der Waals surface area contributed by atoms with E-state index >= 15 is 0 Å². The minimum Gasteiger partial charge on any atom is -0.481 e. The van der Waals surface area contributed by atoms with E-state index < -0.39 is 11.1 Å². The average Bonchev–Trinajstić information content (AvgIpc) is 1.90. The lowest BCUT2D eigenvalue weighted by Crippen LogP contribution is -2.06. The number of carboxylic acids is 1. The Bertz CT molecular complexity index is 110. The fourth-order valence-electron chi connectivity index (χ4n) is 0.207. The molecule has 6 nitrogen and oxygen atoms in total. The molecule has 0 heterocycles. The molecule has 0 unspecified atom stereocenters. The van der Waals surface area contributed by atoms with Gasteiger partial charge in [0.1, 0.15) is 6.61 Å². The second-order valence-electron chi connectivity index (χ2n) is 1.20. The Morgan fingerprint density at radius 1 is 1.64 bits per heavy atom. The van der Waals surface area contributed by atoms with Gasteiger partial charge < -0.3 is 9.94 Å². The van der Waals surface area contributed by atoms with Crippen LogP contribution < -0.4 is 0 Å². The maximum absolute atomic E-state index is 9.68. The van der Waals surface area contributed by atoms with Crippen molar-refractivity contribution in [3.05, 3.63) is 10.1 Å². The third kappa shape index (κ3) is 17.7. The second kappa shape index (κ2) is 8.67. The van der Waals surface area contributed by atoms with Crippen molar-refractivity contribution in [2.45, 2.75) is 20.3 Å². The van der Waals surface area contributed by atoms with E-state index in [-0.39, 0.29) is 13.0 Å². The minimum atomic E-state index is -1.11. The van der Waals surface area contributed by atoms with E-state index in [1.54, 1.807) is 0 Å². The van der Waals surface area contributed by atoms with Gasteiger partial charge in [0.05, 0.1) is 6.42 Å². The van der Waals surface area contributed by atoms with E-state index in [0.29, 0.717) is 0 Å². The van der Waals surface area contributed by atoms with Crippen molar-refractivity contribution in [2.24, 2.45) is 0 Å². The van der Waals surface area contributed by atoms with Crippen LogP contribution >= 0.6 is 0 Å². The number of rotatable bonds is 4. The van der Waals surface area contributed by atoms with Crippen LogP contribution in [0.15, 0.2) is 0 Å². The first kappa shape index (κ1) is 12.4. The van der Waals surface area contributed by atoms with Crippen LogP contribution in [0.25, 0.3) is 0 Å². The van der Waals surface area contributed by atoms with Crippen molar-refractivity contribution >= 4 is 5.97 Å². The van der Waals surface area contributed by atoms with Gasteiger partial charge in [0.2, 0.25) is 0 Å². The molecule has 1 N–H and O–H groups in total. The lowest BCUT2D eigenvalue weighted by molar-refractivity contribution is -0.757. The number of nitrogens with zero attached hydrogens (tertiary/aromatic N) is 1. The fourth-order valence-corrected chi connectivity index (χ4v) is 0.207. The van der Waals surface area contributed by atoms with Gasteiger partial charge in [-0.2, -0.15) is 0 Å². The van der Waals surface area contributed by atoms with Gasteiger partial charge in [-0.3, -0.25) is 4.79 Å². The molecule has 0 aliphatic rings. The van der Waals surface area contributed by atoms with Crippen LogP contribution in [0.1, 0.15) is 20.3 Å². The summed E-state index contributed by atoms with van der Waals surface area (Å²) in [6.07, 6.45) is -0.346. The Balaban J connectivity index is 0. The first-order chi connectivity index (χ1) is 5.13. The van der Waals surface area contributed by atoms with Gasteiger partial charge in [0.15, 0.2) is 0 Å². The summed E-state index contributed by atoms with van der Waals surface area (Å²) in [7, 11) is 0. The maximum Gasteiger partial charge on any atom is 0.305 e. The van der Waals surface area contributed by atoms with Gasteiger partial charge in [0, 0.05) is 0 Å². The van der Waals surface area contributed by atoms with E-state index in [1.807, 2.05) is 13.8 Å². The molecule has 0 aromatic carbocycles. The molecular weight excluding hydrogens is 154 g/mol. The zero-order valence-electron chi connectivity index (χ0n) is 6.44. The van der Waals surface area contributed by atoms with Crippen LogP contribution in [-0.2, 0) is 9.63 Å². The van der Waals surface area contributed by atoms with Crippen molar-refractivity contribution in [1.82, 2.24) is 0 Å². The molecule has 66 valence electrons. The summed E-state index contributed by atoms with van der Waals surface area (Å²) in [6.45, 7) is 3.61. The molecule has 0 radical (unpaired) electrons. The van der Waals surface area contributed by atoms with Crippen molar-refractivity contribution in [2.75, 3.05) is 6.61 Å². The van der Waals surface area contributed by atoms with E-state index in [4.69, 9.17) is 5.11 Å². The number of carbonyl (C=O) groups is 1. The molecule has 0 amide bonds. The van der Waals surface area contributed by atoms with Crippen molar-refractivity contribution < 1.29 is 19.8 Å². The number of hydrogen-bond acceptors (Lipinski definition) is 4. The quantitative estimate of drug-likeness (QED) is 0.489. The molecule has 11 heavy (non-hydrogen) atoms. The standard InChI is InChI=1S/C3H5NO5.C2H6/c5-3(6)1-2-9-4(7)8;1-2/h1-2H2,(H,5,6);1-2H3. The molecule has 0 aromatic rings. The predicted molar refractivity (Wildman–Crippen MR) is 36.5 cm³/mol. The highest BCUT2D eigenvalue weighted by molar-refractivity contribution is 5.66. The van der Waals surface area contributed by atoms with Gasteiger partial charge in [0.25, 0.3) is 5.09 Å². The predicted octanol–water partition coefficient (Wildman–Crippen LogP) is 0.696. The van der Waals surface area contributed by atoms with Crippen LogP contribution in [-0.4, -0.2) is 22.8 Å². The lowest BCUT2D eigenvalue weighted by Gasteiger charge is -1.91. The smallest absolute Gasteiger partial charge is 0.305 e. The highest BCUT2D eigenvalue weighted by Crippen LogP contribution is 1.81. The first-order valence-electron chi connectivity index (χ1n) is 3.12. The summed E-state index contributed by atoms with van der Waals surface area (Å²) in [5.74, 6) is -1.11. The van der Waals surface area contributed by atoms with Crippen molar-refractivity contribution in [3.63, 3.8) is 0 Å². The van der Waals surface area contributed by atoms with E-state index in [9.17, 15) is 14.9 Å². The zero-order chi connectivity index (χ0) is 9.28. The van der Waals surface area contributed by atoms with Gasteiger partial charge in [-0.25, -0.2) is 0 Å². The molecule has 0 aliphatic carbocycles. The normalized spacial score (nSPS) is 7.45. The Morgan fingerprint density at radius 2 is 2.09 bits per heavy atom. The summed E-state index contributed by atoms with van der Waals surface area (Å²) in [5.41, 5.74) is 0. The summed E-state index contributed by atoms with van der Waals surface area (Å²) in [4.78, 5) is 22.7. The van der Waals surface area contributed by atoms with Gasteiger partial charge >= 0.3 is 5.97 Å². The van der Waals surface area contributed by atoms with E-state index in [0.717, 1.165) is 0 Å². The van der Waals surface area contributed by atoms with Crippen LogP contribution in [0.5, 0.6) is 0 Å². The summed E-state index contributed by atoms with van der Waals surface area (Å²) < 4.78 is 0. The third-order valence-corrected chi connectivity index (χ3v) is 0.513. The lowest BCUT2D eigenvalue weighted by atomic mass is 10.5. The molecule has 0 aromatic heterocycles. The molecule has 0 atom stereocenters. The van der Waals surface area contributed by atoms with Gasteiger partial charge in [-0.1, -0.05) is 13.8 Å². The van der Waals surface area contributed by atoms with Crippen LogP contribution in [0.4, 0.5) is 0 Å². The molecule has 0 spiro atoms. The van der Waals surface area contributed by atoms with E-state index in [2.05, 4.69) is 4.84 Å².